The maximum atomic E-state index is 11.4. The second-order valence-corrected chi connectivity index (χ2v) is 3.65. The van der Waals surface area contributed by atoms with Gasteiger partial charge in [-0.2, -0.15) is 0 Å². The van der Waals surface area contributed by atoms with Crippen LogP contribution in [0.1, 0.15) is 39.5 Å². The predicted molar refractivity (Wildman–Crippen MR) is 51.7 cm³/mol. The standard InChI is InChI=1S/C10H19NO2/c1-3-4-8-13-10(12)11-7-5-6-9(11)2/h9H,3-8H2,1-2H3/t9-/m0/s1. The molecule has 0 aliphatic carbocycles. The van der Waals surface area contributed by atoms with Crippen LogP contribution in [0.3, 0.4) is 0 Å². The zero-order valence-electron chi connectivity index (χ0n) is 8.58. The van der Waals surface area contributed by atoms with E-state index in [0.717, 1.165) is 32.2 Å². The Labute approximate surface area is 80.1 Å². The SMILES string of the molecule is CCCCOC(=O)N1CCC[C@@H]1C. The van der Waals surface area contributed by atoms with Gasteiger partial charge in [0.2, 0.25) is 0 Å². The molecule has 0 bridgehead atoms. The molecule has 3 heteroatoms. The first-order valence-electron chi connectivity index (χ1n) is 5.19. The van der Waals surface area contributed by atoms with Crippen LogP contribution in [-0.4, -0.2) is 30.2 Å². The number of hydrogen-bond acceptors (Lipinski definition) is 2. The Morgan fingerprint density at radius 2 is 2.38 bits per heavy atom. The van der Waals surface area contributed by atoms with E-state index in [-0.39, 0.29) is 6.09 Å². The van der Waals surface area contributed by atoms with Gasteiger partial charge in [-0.25, -0.2) is 4.79 Å². The molecule has 1 aliphatic rings. The molecule has 3 nitrogen and oxygen atoms in total. The third kappa shape index (κ3) is 2.90. The summed E-state index contributed by atoms with van der Waals surface area (Å²) in [7, 11) is 0. The van der Waals surface area contributed by atoms with Crippen molar-refractivity contribution in [1.29, 1.82) is 0 Å². The summed E-state index contributed by atoms with van der Waals surface area (Å²) in [6.07, 6.45) is 4.14. The minimum absolute atomic E-state index is 0.126. The first-order valence-corrected chi connectivity index (χ1v) is 5.19. The van der Waals surface area contributed by atoms with Crippen LogP contribution in [0.2, 0.25) is 0 Å². The van der Waals surface area contributed by atoms with Crippen LogP contribution in [0.15, 0.2) is 0 Å². The summed E-state index contributed by atoms with van der Waals surface area (Å²) < 4.78 is 5.12. The van der Waals surface area contributed by atoms with Gasteiger partial charge in [-0.15, -0.1) is 0 Å². The van der Waals surface area contributed by atoms with Gasteiger partial charge in [-0.05, 0) is 26.2 Å². The number of nitrogens with zero attached hydrogens (tertiary/aromatic N) is 1. The second-order valence-electron chi connectivity index (χ2n) is 3.65. The molecule has 1 amide bonds. The third-order valence-corrected chi connectivity index (χ3v) is 2.51. The minimum Gasteiger partial charge on any atom is -0.449 e. The largest absolute Gasteiger partial charge is 0.449 e. The lowest BCUT2D eigenvalue weighted by Gasteiger charge is -2.20. The van der Waals surface area contributed by atoms with Gasteiger partial charge < -0.3 is 9.64 Å². The Morgan fingerprint density at radius 1 is 1.62 bits per heavy atom. The molecule has 1 fully saturated rings. The number of amides is 1. The zero-order chi connectivity index (χ0) is 9.68. The maximum Gasteiger partial charge on any atom is 0.409 e. The Bertz CT molecular complexity index is 170. The molecule has 1 saturated heterocycles. The molecule has 1 heterocycles. The lowest BCUT2D eigenvalue weighted by atomic mass is 10.2. The zero-order valence-corrected chi connectivity index (χ0v) is 8.58. The van der Waals surface area contributed by atoms with Crippen molar-refractivity contribution < 1.29 is 9.53 Å². The monoisotopic (exact) mass is 185 g/mol. The van der Waals surface area contributed by atoms with Gasteiger partial charge in [0.05, 0.1) is 6.61 Å². The Hall–Kier alpha value is -0.730. The van der Waals surface area contributed by atoms with Crippen molar-refractivity contribution in [3.8, 4) is 0 Å². The molecule has 0 spiro atoms. The van der Waals surface area contributed by atoms with Gasteiger partial charge in [0.25, 0.3) is 0 Å². The summed E-state index contributed by atoms with van der Waals surface area (Å²) in [6, 6.07) is 0.370. The number of rotatable bonds is 3. The molecule has 1 atom stereocenters. The number of ether oxygens (including phenoxy) is 1. The highest BCUT2D eigenvalue weighted by atomic mass is 16.6. The molecule has 0 unspecified atom stereocenters. The molecule has 0 N–H and O–H groups in total. The fourth-order valence-corrected chi connectivity index (χ4v) is 1.59. The number of unbranched alkanes of at least 4 members (excludes halogenated alkanes) is 1. The van der Waals surface area contributed by atoms with Gasteiger partial charge in [0.1, 0.15) is 0 Å². The molecular weight excluding hydrogens is 166 g/mol. The molecule has 0 aromatic carbocycles. The normalized spacial score (nSPS) is 22.0. The van der Waals surface area contributed by atoms with Crippen molar-refractivity contribution in [2.75, 3.05) is 13.2 Å². The molecule has 1 rings (SSSR count). The predicted octanol–water partition coefficient (Wildman–Crippen LogP) is 2.41. The summed E-state index contributed by atoms with van der Waals surface area (Å²) in [6.45, 7) is 5.60. The molecular formula is C10H19NO2. The molecule has 0 radical (unpaired) electrons. The fraction of sp³-hybridized carbons (Fsp3) is 0.900. The highest BCUT2D eigenvalue weighted by Gasteiger charge is 2.25. The minimum atomic E-state index is -0.126. The average Bonchev–Trinajstić information content (AvgIpc) is 2.52. The second kappa shape index (κ2) is 5.10. The van der Waals surface area contributed by atoms with Crippen LogP contribution >= 0.6 is 0 Å². The van der Waals surface area contributed by atoms with E-state index in [0.29, 0.717) is 12.6 Å². The van der Waals surface area contributed by atoms with E-state index >= 15 is 0 Å². The molecule has 76 valence electrons. The van der Waals surface area contributed by atoms with E-state index in [2.05, 4.69) is 13.8 Å². The van der Waals surface area contributed by atoms with E-state index in [1.54, 1.807) is 0 Å². The van der Waals surface area contributed by atoms with E-state index in [1.165, 1.54) is 0 Å². The molecule has 1 aliphatic heterocycles. The number of carbonyl (C=O) groups is 1. The first-order chi connectivity index (χ1) is 6.25. The highest BCUT2D eigenvalue weighted by Crippen LogP contribution is 2.17. The summed E-state index contributed by atoms with van der Waals surface area (Å²) in [4.78, 5) is 13.3. The van der Waals surface area contributed by atoms with Crippen molar-refractivity contribution in [1.82, 2.24) is 4.90 Å². The van der Waals surface area contributed by atoms with Crippen LogP contribution in [0.5, 0.6) is 0 Å². The van der Waals surface area contributed by atoms with Crippen molar-refractivity contribution in [2.24, 2.45) is 0 Å². The van der Waals surface area contributed by atoms with Crippen molar-refractivity contribution in [2.45, 2.75) is 45.6 Å². The van der Waals surface area contributed by atoms with Crippen molar-refractivity contribution >= 4 is 6.09 Å². The van der Waals surface area contributed by atoms with Gasteiger partial charge >= 0.3 is 6.09 Å². The molecule has 0 aromatic heterocycles. The Morgan fingerprint density at radius 3 is 2.92 bits per heavy atom. The van der Waals surface area contributed by atoms with Crippen LogP contribution in [0.4, 0.5) is 4.79 Å². The quantitative estimate of drug-likeness (QED) is 0.632. The van der Waals surface area contributed by atoms with E-state index in [4.69, 9.17) is 4.74 Å². The van der Waals surface area contributed by atoms with Crippen molar-refractivity contribution in [3.05, 3.63) is 0 Å². The van der Waals surface area contributed by atoms with Crippen LogP contribution < -0.4 is 0 Å². The van der Waals surface area contributed by atoms with Crippen LogP contribution in [0, 0.1) is 0 Å². The first kappa shape index (κ1) is 10.4. The molecule has 0 aromatic rings. The Kier molecular flexibility index (Phi) is 4.06. The summed E-state index contributed by atoms with van der Waals surface area (Å²) in [5.41, 5.74) is 0. The maximum absolute atomic E-state index is 11.4. The lowest BCUT2D eigenvalue weighted by Crippen LogP contribution is -2.34. The third-order valence-electron chi connectivity index (χ3n) is 2.51. The summed E-state index contributed by atoms with van der Waals surface area (Å²) in [5, 5.41) is 0. The Balaban J connectivity index is 2.22. The number of carbonyl (C=O) groups excluding carboxylic acids is 1. The van der Waals surface area contributed by atoms with Gasteiger partial charge in [0.15, 0.2) is 0 Å². The summed E-state index contributed by atoms with van der Waals surface area (Å²) in [5.74, 6) is 0. The van der Waals surface area contributed by atoms with Crippen molar-refractivity contribution in [3.63, 3.8) is 0 Å². The van der Waals surface area contributed by atoms with Gasteiger partial charge in [-0.3, -0.25) is 0 Å². The molecule has 13 heavy (non-hydrogen) atoms. The number of hydrogen-bond donors (Lipinski definition) is 0. The summed E-state index contributed by atoms with van der Waals surface area (Å²) >= 11 is 0. The smallest absolute Gasteiger partial charge is 0.409 e. The van der Waals surface area contributed by atoms with Gasteiger partial charge in [0, 0.05) is 12.6 Å². The topological polar surface area (TPSA) is 29.5 Å². The van der Waals surface area contributed by atoms with E-state index in [9.17, 15) is 4.79 Å². The lowest BCUT2D eigenvalue weighted by molar-refractivity contribution is 0.0993. The van der Waals surface area contributed by atoms with E-state index in [1.807, 2.05) is 4.90 Å². The molecule has 0 saturated carbocycles. The number of likely N-dealkylation sites (tertiary alicyclic amines) is 1. The highest BCUT2D eigenvalue weighted by molar-refractivity contribution is 5.68. The fourth-order valence-electron chi connectivity index (χ4n) is 1.59. The van der Waals surface area contributed by atoms with Crippen LogP contribution in [0.25, 0.3) is 0 Å². The van der Waals surface area contributed by atoms with Gasteiger partial charge in [-0.1, -0.05) is 13.3 Å². The average molecular weight is 185 g/mol. The van der Waals surface area contributed by atoms with Crippen LogP contribution in [-0.2, 0) is 4.74 Å². The van der Waals surface area contributed by atoms with E-state index < -0.39 is 0 Å².